The monoisotopic (exact) mass is 259 g/mol. The van der Waals surface area contributed by atoms with Crippen LogP contribution in [-0.4, -0.2) is 27.3 Å². The number of nitrogens with zero attached hydrogens (tertiary/aromatic N) is 3. The van der Waals surface area contributed by atoms with Gasteiger partial charge in [0.2, 0.25) is 0 Å². The van der Waals surface area contributed by atoms with Crippen molar-refractivity contribution in [3.8, 4) is 0 Å². The van der Waals surface area contributed by atoms with Crippen molar-refractivity contribution in [1.82, 2.24) is 20.1 Å². The highest BCUT2D eigenvalue weighted by Crippen LogP contribution is 2.02. The molecule has 6 nitrogen and oxygen atoms in total. The van der Waals surface area contributed by atoms with Crippen LogP contribution >= 0.6 is 0 Å². The van der Waals surface area contributed by atoms with Crippen molar-refractivity contribution < 1.29 is 4.79 Å². The van der Waals surface area contributed by atoms with E-state index < -0.39 is 0 Å². The normalized spacial score (nSPS) is 10.2. The van der Waals surface area contributed by atoms with Gasteiger partial charge in [-0.15, -0.1) is 0 Å². The van der Waals surface area contributed by atoms with E-state index in [4.69, 9.17) is 0 Å². The molecule has 6 heteroatoms. The van der Waals surface area contributed by atoms with Crippen LogP contribution in [0.1, 0.15) is 11.3 Å². The number of pyridine rings is 1. The second-order valence-corrected chi connectivity index (χ2v) is 4.26. The van der Waals surface area contributed by atoms with Gasteiger partial charge in [0.05, 0.1) is 12.2 Å². The number of carbonyl (C=O) groups is 1. The Balaban J connectivity index is 1.75. The minimum Gasteiger partial charge on any atom is -0.336 e. The summed E-state index contributed by atoms with van der Waals surface area (Å²) in [7, 11) is 0. The molecule has 0 saturated carbocycles. The molecule has 2 aromatic heterocycles. The van der Waals surface area contributed by atoms with Crippen LogP contribution in [0.25, 0.3) is 0 Å². The minimum absolute atomic E-state index is 0.265. The summed E-state index contributed by atoms with van der Waals surface area (Å²) in [4.78, 5) is 15.6. The summed E-state index contributed by atoms with van der Waals surface area (Å²) in [5.41, 5.74) is 2.16. The van der Waals surface area contributed by atoms with Crippen molar-refractivity contribution in [1.29, 1.82) is 0 Å². The van der Waals surface area contributed by atoms with Gasteiger partial charge < -0.3 is 5.32 Å². The van der Waals surface area contributed by atoms with E-state index in [1.807, 2.05) is 30.8 Å². The molecule has 0 spiro atoms. The summed E-state index contributed by atoms with van der Waals surface area (Å²) in [5.74, 6) is 0.533. The van der Waals surface area contributed by atoms with E-state index >= 15 is 0 Å². The van der Waals surface area contributed by atoms with Crippen LogP contribution in [-0.2, 0) is 6.54 Å². The van der Waals surface area contributed by atoms with Gasteiger partial charge in [-0.05, 0) is 31.5 Å². The van der Waals surface area contributed by atoms with Gasteiger partial charge in [-0.1, -0.05) is 6.07 Å². The average Bonchev–Trinajstić information content (AvgIpc) is 2.70. The molecule has 100 valence electrons. The number of nitrogens with one attached hydrogen (secondary N) is 2. The summed E-state index contributed by atoms with van der Waals surface area (Å²) in [5, 5.41) is 9.74. The lowest BCUT2D eigenvalue weighted by Gasteiger charge is -2.06. The molecular weight excluding hydrogens is 242 g/mol. The van der Waals surface area contributed by atoms with Crippen LogP contribution < -0.4 is 10.6 Å². The largest absolute Gasteiger partial charge is 0.336 e. The van der Waals surface area contributed by atoms with Crippen LogP contribution in [0.3, 0.4) is 0 Å². The van der Waals surface area contributed by atoms with Gasteiger partial charge in [0.1, 0.15) is 5.82 Å². The number of rotatable bonds is 4. The zero-order chi connectivity index (χ0) is 13.7. The summed E-state index contributed by atoms with van der Waals surface area (Å²) in [6.07, 6.45) is 3.60. The van der Waals surface area contributed by atoms with E-state index in [2.05, 4.69) is 20.7 Å². The lowest BCUT2D eigenvalue weighted by atomic mass is 10.3. The quantitative estimate of drug-likeness (QED) is 0.878. The third kappa shape index (κ3) is 3.80. The molecule has 0 aliphatic heterocycles. The third-order valence-corrected chi connectivity index (χ3v) is 2.72. The maximum atomic E-state index is 11.6. The molecular formula is C13H17N5O. The van der Waals surface area contributed by atoms with Crippen molar-refractivity contribution >= 4 is 11.8 Å². The number of hydrogen-bond acceptors (Lipinski definition) is 3. The minimum atomic E-state index is -0.265. The molecule has 0 aliphatic carbocycles. The molecule has 2 N–H and O–H groups in total. The van der Waals surface area contributed by atoms with Crippen LogP contribution in [0.15, 0.2) is 30.6 Å². The lowest BCUT2D eigenvalue weighted by molar-refractivity contribution is 0.251. The number of aromatic nitrogens is 3. The summed E-state index contributed by atoms with van der Waals surface area (Å²) >= 11 is 0. The molecule has 2 amide bonds. The van der Waals surface area contributed by atoms with Gasteiger partial charge in [0.15, 0.2) is 0 Å². The van der Waals surface area contributed by atoms with Crippen molar-refractivity contribution in [3.63, 3.8) is 0 Å². The van der Waals surface area contributed by atoms with Crippen LogP contribution in [0, 0.1) is 13.8 Å². The van der Waals surface area contributed by atoms with E-state index in [0.29, 0.717) is 18.9 Å². The van der Waals surface area contributed by atoms with Crippen molar-refractivity contribution in [2.45, 2.75) is 20.4 Å². The smallest absolute Gasteiger partial charge is 0.320 e. The number of amides is 2. The van der Waals surface area contributed by atoms with E-state index in [-0.39, 0.29) is 6.03 Å². The predicted octanol–water partition coefficient (Wildman–Crippen LogP) is 1.72. The van der Waals surface area contributed by atoms with Gasteiger partial charge in [-0.25, -0.2) is 9.78 Å². The molecule has 0 atom stereocenters. The highest BCUT2D eigenvalue weighted by molar-refractivity contribution is 5.88. The first-order valence-electron chi connectivity index (χ1n) is 6.11. The zero-order valence-corrected chi connectivity index (χ0v) is 11.1. The first-order chi connectivity index (χ1) is 9.15. The maximum Gasteiger partial charge on any atom is 0.320 e. The van der Waals surface area contributed by atoms with E-state index in [0.717, 1.165) is 11.3 Å². The van der Waals surface area contributed by atoms with Crippen LogP contribution in [0.2, 0.25) is 0 Å². The molecule has 0 bridgehead atoms. The number of carbonyl (C=O) groups excluding carboxylic acids is 1. The molecule has 0 unspecified atom stereocenters. The summed E-state index contributed by atoms with van der Waals surface area (Å²) < 4.78 is 1.83. The molecule has 0 fully saturated rings. The van der Waals surface area contributed by atoms with Gasteiger partial charge >= 0.3 is 6.03 Å². The molecule has 0 saturated heterocycles. The highest BCUT2D eigenvalue weighted by Gasteiger charge is 2.03. The number of hydrogen-bond donors (Lipinski definition) is 2. The fourth-order valence-electron chi connectivity index (χ4n) is 1.61. The third-order valence-electron chi connectivity index (χ3n) is 2.72. The zero-order valence-electron chi connectivity index (χ0n) is 11.1. The topological polar surface area (TPSA) is 71.8 Å². The van der Waals surface area contributed by atoms with Crippen LogP contribution in [0.4, 0.5) is 10.6 Å². The molecule has 0 aromatic carbocycles. The number of urea groups is 1. The van der Waals surface area contributed by atoms with Crippen LogP contribution in [0.5, 0.6) is 0 Å². The predicted molar refractivity (Wildman–Crippen MR) is 73.0 cm³/mol. The van der Waals surface area contributed by atoms with Gasteiger partial charge in [-0.2, -0.15) is 5.10 Å². The molecule has 2 rings (SSSR count). The molecule has 19 heavy (non-hydrogen) atoms. The first-order valence-corrected chi connectivity index (χ1v) is 6.11. The average molecular weight is 259 g/mol. The Bertz CT molecular complexity index is 530. The van der Waals surface area contributed by atoms with Gasteiger partial charge in [0, 0.05) is 18.9 Å². The highest BCUT2D eigenvalue weighted by atomic mass is 16.2. The molecule has 0 aliphatic rings. The first kappa shape index (κ1) is 13.1. The Kier molecular flexibility index (Phi) is 4.12. The molecule has 0 radical (unpaired) electrons. The lowest BCUT2D eigenvalue weighted by Crippen LogP contribution is -2.31. The molecule has 2 heterocycles. The Labute approximate surface area is 111 Å². The standard InChI is InChI=1S/C13H17N5O/c1-10-9-18(17-11(10)2)8-7-15-13(19)16-12-5-3-4-6-14-12/h3-6,9H,7-8H2,1-2H3,(H2,14,15,16,19). The van der Waals surface area contributed by atoms with E-state index in [9.17, 15) is 4.79 Å². The Morgan fingerprint density at radius 1 is 1.37 bits per heavy atom. The van der Waals surface area contributed by atoms with Gasteiger partial charge in [-0.3, -0.25) is 10.00 Å². The summed E-state index contributed by atoms with van der Waals surface area (Å²) in [6.45, 7) is 5.14. The van der Waals surface area contributed by atoms with E-state index in [1.165, 1.54) is 0 Å². The fourth-order valence-corrected chi connectivity index (χ4v) is 1.61. The number of anilines is 1. The second-order valence-electron chi connectivity index (χ2n) is 4.26. The SMILES string of the molecule is Cc1cn(CCNC(=O)Nc2ccccn2)nc1C. The summed E-state index contributed by atoms with van der Waals surface area (Å²) in [6, 6.07) is 5.09. The Morgan fingerprint density at radius 3 is 2.84 bits per heavy atom. The Hall–Kier alpha value is -2.37. The Morgan fingerprint density at radius 2 is 2.21 bits per heavy atom. The second kappa shape index (κ2) is 5.99. The van der Waals surface area contributed by atoms with Crippen molar-refractivity contribution in [2.24, 2.45) is 0 Å². The van der Waals surface area contributed by atoms with E-state index in [1.54, 1.807) is 18.3 Å². The van der Waals surface area contributed by atoms with Gasteiger partial charge in [0.25, 0.3) is 0 Å². The van der Waals surface area contributed by atoms with Crippen molar-refractivity contribution in [2.75, 3.05) is 11.9 Å². The van der Waals surface area contributed by atoms with Crippen molar-refractivity contribution in [3.05, 3.63) is 41.9 Å². The fraction of sp³-hybridized carbons (Fsp3) is 0.308. The molecule has 2 aromatic rings. The number of aryl methyl sites for hydroxylation is 2. The maximum absolute atomic E-state index is 11.6.